The first-order valence-electron chi connectivity index (χ1n) is 12.9. The molecule has 3 aromatic rings. The number of aromatic nitrogens is 3. The number of halogens is 1. The molecule has 1 aromatic carbocycles. The largest absolute Gasteiger partial charge is 0.485 e. The SMILES string of the molecule is C[C@@H]1CCCCCN1C(=O)c1cc(C2(C)CC2)n2nc(-c3ccc4c(c3F)OCC(C(=O)O)=C4)cc2n1. The molecule has 2 aromatic heterocycles. The fourth-order valence-electron chi connectivity index (χ4n) is 5.34. The molecule has 4 heterocycles. The lowest BCUT2D eigenvalue weighted by Gasteiger charge is -2.27. The van der Waals surface area contributed by atoms with Crippen molar-refractivity contribution in [1.29, 1.82) is 0 Å². The quantitative estimate of drug-likeness (QED) is 0.546. The predicted octanol–water partition coefficient (Wildman–Crippen LogP) is 4.85. The second kappa shape index (κ2) is 8.68. The van der Waals surface area contributed by atoms with Crippen LogP contribution in [-0.2, 0) is 10.2 Å². The molecular weight excluding hydrogens is 475 g/mol. The average molecular weight is 505 g/mol. The van der Waals surface area contributed by atoms with Gasteiger partial charge in [-0.3, -0.25) is 4.79 Å². The van der Waals surface area contributed by atoms with Crippen LogP contribution in [0.4, 0.5) is 4.39 Å². The number of fused-ring (bicyclic) bond motifs is 2. The third kappa shape index (κ3) is 4.06. The smallest absolute Gasteiger partial charge is 0.335 e. The highest BCUT2D eigenvalue weighted by molar-refractivity contribution is 5.94. The highest BCUT2D eigenvalue weighted by Gasteiger charge is 2.42. The van der Waals surface area contributed by atoms with Crippen LogP contribution in [0.5, 0.6) is 5.75 Å². The second-order valence-corrected chi connectivity index (χ2v) is 10.7. The molecule has 0 unspecified atom stereocenters. The Morgan fingerprint density at radius 1 is 1.19 bits per heavy atom. The lowest BCUT2D eigenvalue weighted by molar-refractivity contribution is -0.133. The maximum absolute atomic E-state index is 15.5. The molecule has 1 atom stereocenters. The maximum Gasteiger partial charge on any atom is 0.335 e. The monoisotopic (exact) mass is 504 g/mol. The van der Waals surface area contributed by atoms with Gasteiger partial charge in [-0.05, 0) is 50.8 Å². The number of carboxylic acid groups (broad SMARTS) is 1. The molecule has 1 N–H and O–H groups in total. The van der Waals surface area contributed by atoms with Gasteiger partial charge in [-0.15, -0.1) is 0 Å². The second-order valence-electron chi connectivity index (χ2n) is 10.7. The Hall–Kier alpha value is -3.75. The van der Waals surface area contributed by atoms with Crippen LogP contribution in [0.2, 0.25) is 0 Å². The predicted molar refractivity (Wildman–Crippen MR) is 135 cm³/mol. The topological polar surface area (TPSA) is 97.0 Å². The standard InChI is InChI=1S/C28H29FN4O4/c1-16-6-4-3-5-11-32(16)26(34)21-13-22(28(2)9-10-28)33-23(30-21)14-20(31-33)19-8-7-17-12-18(27(35)36)15-37-25(17)24(19)29/h7-8,12-14,16H,3-6,9-11,15H2,1-2H3,(H,35,36)/t16-/m1/s1. The summed E-state index contributed by atoms with van der Waals surface area (Å²) in [7, 11) is 0. The van der Waals surface area contributed by atoms with E-state index < -0.39 is 11.8 Å². The molecule has 3 aliphatic rings. The number of hydrogen-bond donors (Lipinski definition) is 1. The summed E-state index contributed by atoms with van der Waals surface area (Å²) < 4.78 is 22.7. The number of aliphatic carboxylic acids is 1. The summed E-state index contributed by atoms with van der Waals surface area (Å²) in [5.74, 6) is -1.76. The number of carbonyl (C=O) groups excluding carboxylic acids is 1. The first kappa shape index (κ1) is 23.6. The normalized spacial score (nSPS) is 20.6. The summed E-state index contributed by atoms with van der Waals surface area (Å²) in [6, 6.07) is 6.93. The number of rotatable bonds is 4. The van der Waals surface area contributed by atoms with Crippen molar-refractivity contribution in [1.82, 2.24) is 19.5 Å². The third-order valence-corrected chi connectivity index (χ3v) is 7.96. The zero-order chi connectivity index (χ0) is 25.9. The lowest BCUT2D eigenvalue weighted by atomic mass is 10.0. The molecule has 192 valence electrons. The Balaban J connectivity index is 1.43. The molecule has 0 bridgehead atoms. The molecule has 0 spiro atoms. The molecule has 9 heteroatoms. The van der Waals surface area contributed by atoms with E-state index in [1.54, 1.807) is 22.7 Å². The zero-order valence-electron chi connectivity index (χ0n) is 21.0. The highest BCUT2D eigenvalue weighted by Crippen LogP contribution is 2.48. The van der Waals surface area contributed by atoms with Crippen LogP contribution in [0.1, 0.15) is 74.1 Å². The number of carboxylic acids is 1. The van der Waals surface area contributed by atoms with Crippen LogP contribution in [-0.4, -0.2) is 55.7 Å². The van der Waals surface area contributed by atoms with E-state index in [1.807, 2.05) is 11.0 Å². The van der Waals surface area contributed by atoms with Gasteiger partial charge in [0.2, 0.25) is 0 Å². The van der Waals surface area contributed by atoms with Crippen molar-refractivity contribution in [2.75, 3.05) is 13.2 Å². The minimum atomic E-state index is -1.09. The van der Waals surface area contributed by atoms with Crippen molar-refractivity contribution in [2.24, 2.45) is 0 Å². The first-order valence-corrected chi connectivity index (χ1v) is 12.9. The molecule has 1 saturated heterocycles. The van der Waals surface area contributed by atoms with E-state index in [1.165, 1.54) is 6.08 Å². The zero-order valence-corrected chi connectivity index (χ0v) is 21.0. The minimum Gasteiger partial charge on any atom is -0.485 e. The molecule has 1 saturated carbocycles. The van der Waals surface area contributed by atoms with E-state index >= 15 is 4.39 Å². The van der Waals surface area contributed by atoms with E-state index in [0.717, 1.165) is 50.8 Å². The van der Waals surface area contributed by atoms with Crippen LogP contribution >= 0.6 is 0 Å². The summed E-state index contributed by atoms with van der Waals surface area (Å²) in [5.41, 5.74) is 2.74. The van der Waals surface area contributed by atoms with Gasteiger partial charge in [0.05, 0.1) is 17.0 Å². The van der Waals surface area contributed by atoms with Crippen molar-refractivity contribution in [3.8, 4) is 17.0 Å². The molecule has 0 radical (unpaired) electrons. The first-order chi connectivity index (χ1) is 17.7. The summed E-state index contributed by atoms with van der Waals surface area (Å²) in [6.45, 7) is 4.75. The number of hydrogen-bond acceptors (Lipinski definition) is 5. The fraction of sp³-hybridized carbons (Fsp3) is 0.429. The number of ether oxygens (including phenoxy) is 1. The van der Waals surface area contributed by atoms with Gasteiger partial charge in [-0.2, -0.15) is 5.10 Å². The summed E-state index contributed by atoms with van der Waals surface area (Å²) in [4.78, 5) is 31.5. The van der Waals surface area contributed by atoms with E-state index in [9.17, 15) is 14.7 Å². The van der Waals surface area contributed by atoms with Crippen molar-refractivity contribution in [2.45, 2.75) is 63.8 Å². The van der Waals surface area contributed by atoms with Gasteiger partial charge in [0, 0.05) is 35.2 Å². The van der Waals surface area contributed by atoms with Gasteiger partial charge in [0.25, 0.3) is 5.91 Å². The van der Waals surface area contributed by atoms with Crippen molar-refractivity contribution in [3.05, 3.63) is 52.6 Å². The van der Waals surface area contributed by atoms with Crippen molar-refractivity contribution < 1.29 is 23.8 Å². The Morgan fingerprint density at radius 3 is 2.76 bits per heavy atom. The Labute approximate surface area is 213 Å². The van der Waals surface area contributed by atoms with Crippen molar-refractivity contribution >= 4 is 23.6 Å². The maximum atomic E-state index is 15.5. The number of benzene rings is 1. The summed E-state index contributed by atoms with van der Waals surface area (Å²) >= 11 is 0. The minimum absolute atomic E-state index is 0.00733. The number of amides is 1. The molecule has 37 heavy (non-hydrogen) atoms. The van der Waals surface area contributed by atoms with E-state index in [0.29, 0.717) is 22.6 Å². The van der Waals surface area contributed by atoms with Crippen LogP contribution in [0.3, 0.4) is 0 Å². The van der Waals surface area contributed by atoms with Crippen LogP contribution in [0.15, 0.2) is 29.8 Å². The van der Waals surface area contributed by atoms with Crippen LogP contribution < -0.4 is 4.74 Å². The highest BCUT2D eigenvalue weighted by atomic mass is 19.1. The molecule has 2 aliphatic heterocycles. The average Bonchev–Trinajstić information content (AvgIpc) is 3.55. The molecule has 1 amide bonds. The van der Waals surface area contributed by atoms with Gasteiger partial charge >= 0.3 is 5.97 Å². The van der Waals surface area contributed by atoms with Crippen LogP contribution in [0, 0.1) is 5.82 Å². The Kier molecular flexibility index (Phi) is 5.54. The Bertz CT molecular complexity index is 1470. The van der Waals surface area contributed by atoms with Gasteiger partial charge in [-0.25, -0.2) is 18.7 Å². The number of likely N-dealkylation sites (tertiary alicyclic amines) is 1. The number of carbonyl (C=O) groups is 2. The van der Waals surface area contributed by atoms with Gasteiger partial charge < -0.3 is 14.7 Å². The Morgan fingerprint density at radius 2 is 2.00 bits per heavy atom. The van der Waals surface area contributed by atoms with Gasteiger partial charge in [0.1, 0.15) is 12.3 Å². The molecule has 6 rings (SSSR count). The lowest BCUT2D eigenvalue weighted by Crippen LogP contribution is -2.39. The van der Waals surface area contributed by atoms with Crippen molar-refractivity contribution in [3.63, 3.8) is 0 Å². The van der Waals surface area contributed by atoms with E-state index in [2.05, 4.69) is 13.8 Å². The summed E-state index contributed by atoms with van der Waals surface area (Å²) in [5, 5.41) is 13.9. The van der Waals surface area contributed by atoms with E-state index in [4.69, 9.17) is 14.8 Å². The molecule has 2 fully saturated rings. The van der Waals surface area contributed by atoms with Gasteiger partial charge in [-0.1, -0.05) is 25.8 Å². The number of nitrogens with zero attached hydrogens (tertiary/aromatic N) is 4. The molecular formula is C28H29FN4O4. The summed E-state index contributed by atoms with van der Waals surface area (Å²) in [6.07, 6.45) is 7.60. The molecule has 1 aliphatic carbocycles. The van der Waals surface area contributed by atoms with Crippen LogP contribution in [0.25, 0.3) is 23.0 Å². The molecule has 8 nitrogen and oxygen atoms in total. The third-order valence-electron chi connectivity index (χ3n) is 7.96. The van der Waals surface area contributed by atoms with E-state index in [-0.39, 0.29) is 40.9 Å². The fourth-order valence-corrected chi connectivity index (χ4v) is 5.34. The van der Waals surface area contributed by atoms with Gasteiger partial charge in [0.15, 0.2) is 17.2 Å².